The van der Waals surface area contributed by atoms with E-state index in [9.17, 15) is 14.4 Å². The first-order valence-electron chi connectivity index (χ1n) is 23.4. The van der Waals surface area contributed by atoms with Crippen molar-refractivity contribution in [1.29, 1.82) is 0 Å². The molecule has 2 saturated carbocycles. The second kappa shape index (κ2) is 22.9. The van der Waals surface area contributed by atoms with Crippen LogP contribution in [0.15, 0.2) is 97.1 Å². The normalized spacial score (nSPS) is 19.5. The van der Waals surface area contributed by atoms with E-state index in [1.165, 1.54) is 70.2 Å². The molecule has 6 rings (SSSR count). The molecule has 2 fully saturated rings. The van der Waals surface area contributed by atoms with E-state index in [0.717, 1.165) is 103 Å². The van der Waals surface area contributed by atoms with Crippen LogP contribution in [0.2, 0.25) is 0 Å². The van der Waals surface area contributed by atoms with Gasteiger partial charge in [-0.15, -0.1) is 0 Å². The van der Waals surface area contributed by atoms with Crippen molar-refractivity contribution in [2.75, 3.05) is 0 Å². The maximum absolute atomic E-state index is 12.5. The fourth-order valence-corrected chi connectivity index (χ4v) is 9.83. The molecule has 0 spiro atoms. The molecule has 2 aliphatic rings. The summed E-state index contributed by atoms with van der Waals surface area (Å²) in [5, 5.41) is 0. The Hall–Kier alpha value is -4.11. The fourth-order valence-electron chi connectivity index (χ4n) is 9.83. The molecule has 0 saturated heterocycles. The summed E-state index contributed by atoms with van der Waals surface area (Å²) >= 11 is 0. The number of aryl methyl sites for hydroxylation is 2. The van der Waals surface area contributed by atoms with E-state index in [-0.39, 0.29) is 0 Å². The van der Waals surface area contributed by atoms with E-state index in [1.54, 1.807) is 0 Å². The van der Waals surface area contributed by atoms with Gasteiger partial charge < -0.3 is 0 Å². The smallest absolute Gasteiger partial charge is 0.135 e. The number of hydrogen-bond donors (Lipinski definition) is 0. The summed E-state index contributed by atoms with van der Waals surface area (Å²) in [6.45, 7) is 3.98. The Kier molecular flexibility index (Phi) is 17.1. The van der Waals surface area contributed by atoms with Crippen molar-refractivity contribution in [1.82, 2.24) is 0 Å². The van der Waals surface area contributed by atoms with Crippen LogP contribution in [0.25, 0.3) is 22.3 Å². The quantitative estimate of drug-likeness (QED) is 0.0747. The maximum Gasteiger partial charge on any atom is 0.135 e. The van der Waals surface area contributed by atoms with E-state index in [1.807, 2.05) is 13.8 Å². The van der Waals surface area contributed by atoms with Gasteiger partial charge in [0.05, 0.1) is 0 Å². The van der Waals surface area contributed by atoms with Gasteiger partial charge in [0, 0.05) is 37.5 Å². The second-order valence-corrected chi connectivity index (χ2v) is 17.7. The molecule has 0 amide bonds. The number of Topliss-reactive ketones (excluding diaryl/α,β-unsaturated/α-hetero) is 3. The van der Waals surface area contributed by atoms with Crippen LogP contribution >= 0.6 is 0 Å². The summed E-state index contributed by atoms with van der Waals surface area (Å²) in [7, 11) is 0. The van der Waals surface area contributed by atoms with Crippen LogP contribution in [0.5, 0.6) is 0 Å². The average Bonchev–Trinajstić information content (AvgIpc) is 3.29. The van der Waals surface area contributed by atoms with Crippen LogP contribution in [-0.2, 0) is 27.2 Å². The third kappa shape index (κ3) is 12.9. The molecule has 0 unspecified atom stereocenters. The van der Waals surface area contributed by atoms with Gasteiger partial charge in [-0.25, -0.2) is 0 Å². The molecule has 0 aliphatic heterocycles. The lowest BCUT2D eigenvalue weighted by molar-refractivity contribution is -0.124. The van der Waals surface area contributed by atoms with E-state index >= 15 is 0 Å². The Morgan fingerprint density at radius 1 is 0.397 bits per heavy atom. The van der Waals surface area contributed by atoms with Gasteiger partial charge in [0.25, 0.3) is 0 Å². The highest BCUT2D eigenvalue weighted by Gasteiger charge is 2.27. The maximum atomic E-state index is 12.5. The lowest BCUT2D eigenvalue weighted by Crippen LogP contribution is -2.20. The number of ketones is 3. The summed E-state index contributed by atoms with van der Waals surface area (Å²) in [6, 6.07) is 36.4. The molecule has 3 heteroatoms. The summed E-state index contributed by atoms with van der Waals surface area (Å²) in [5.74, 6) is 3.10. The summed E-state index contributed by atoms with van der Waals surface area (Å²) in [6.07, 6.45) is 22.8. The first-order chi connectivity index (χ1) is 28.4. The Morgan fingerprint density at radius 2 is 0.707 bits per heavy atom. The summed E-state index contributed by atoms with van der Waals surface area (Å²) < 4.78 is 0. The van der Waals surface area contributed by atoms with Crippen molar-refractivity contribution < 1.29 is 14.4 Å². The molecule has 2 aliphatic carbocycles. The zero-order chi connectivity index (χ0) is 40.5. The van der Waals surface area contributed by atoms with E-state index in [2.05, 4.69) is 97.1 Å². The van der Waals surface area contributed by atoms with Crippen molar-refractivity contribution in [3.05, 3.63) is 119 Å². The Morgan fingerprint density at radius 3 is 1.03 bits per heavy atom. The molecule has 308 valence electrons. The molecule has 0 heterocycles. The number of carbonyl (C=O) groups is 3. The van der Waals surface area contributed by atoms with Crippen molar-refractivity contribution in [3.8, 4) is 22.3 Å². The average molecular weight is 779 g/mol. The zero-order valence-corrected chi connectivity index (χ0v) is 35.8. The monoisotopic (exact) mass is 779 g/mol. The van der Waals surface area contributed by atoms with E-state index in [4.69, 9.17) is 0 Å². The van der Waals surface area contributed by atoms with Gasteiger partial charge in [-0.1, -0.05) is 137 Å². The predicted octanol–water partition coefficient (Wildman–Crippen LogP) is 14.8. The highest BCUT2D eigenvalue weighted by Crippen LogP contribution is 2.38. The minimum absolute atomic E-state index is 0.292. The van der Waals surface area contributed by atoms with Crippen LogP contribution in [0, 0.1) is 11.8 Å². The van der Waals surface area contributed by atoms with Crippen molar-refractivity contribution >= 4 is 17.3 Å². The molecule has 0 radical (unpaired) electrons. The van der Waals surface area contributed by atoms with Crippen molar-refractivity contribution in [3.63, 3.8) is 0 Å². The summed E-state index contributed by atoms with van der Waals surface area (Å²) in [5.41, 5.74) is 10.7. The molecular formula is C55H70O3. The molecule has 58 heavy (non-hydrogen) atoms. The first-order valence-corrected chi connectivity index (χ1v) is 23.4. The highest BCUT2D eigenvalue weighted by molar-refractivity contribution is 5.81. The van der Waals surface area contributed by atoms with Gasteiger partial charge in [-0.05, 0) is 146 Å². The van der Waals surface area contributed by atoms with E-state index in [0.29, 0.717) is 53.9 Å². The van der Waals surface area contributed by atoms with Crippen LogP contribution in [0.1, 0.15) is 176 Å². The number of rotatable bonds is 22. The summed E-state index contributed by atoms with van der Waals surface area (Å²) in [4.78, 5) is 36.7. The minimum atomic E-state index is 0.292. The van der Waals surface area contributed by atoms with Crippen molar-refractivity contribution in [2.24, 2.45) is 11.8 Å². The number of hydrogen-bond acceptors (Lipinski definition) is 3. The van der Waals surface area contributed by atoms with Crippen LogP contribution in [0.4, 0.5) is 0 Å². The topological polar surface area (TPSA) is 51.2 Å². The van der Waals surface area contributed by atoms with Crippen LogP contribution in [-0.4, -0.2) is 17.3 Å². The molecular weight excluding hydrogens is 709 g/mol. The zero-order valence-electron chi connectivity index (χ0n) is 35.8. The number of benzene rings is 4. The molecule has 4 aromatic rings. The van der Waals surface area contributed by atoms with E-state index < -0.39 is 0 Å². The fraction of sp³-hybridized carbons (Fsp3) is 0.509. The molecule has 0 aromatic heterocycles. The highest BCUT2D eigenvalue weighted by atomic mass is 16.1. The number of unbranched alkanes of at least 4 members (excludes halogenated alkanes) is 6. The molecule has 0 atom stereocenters. The first kappa shape index (κ1) is 43.5. The van der Waals surface area contributed by atoms with Gasteiger partial charge in [0.15, 0.2) is 0 Å². The molecule has 0 N–H and O–H groups in total. The van der Waals surface area contributed by atoms with Crippen LogP contribution < -0.4 is 0 Å². The number of carbonyl (C=O) groups excluding carboxylic acids is 3. The van der Waals surface area contributed by atoms with Gasteiger partial charge in [0.1, 0.15) is 17.3 Å². The van der Waals surface area contributed by atoms with Crippen molar-refractivity contribution in [2.45, 2.75) is 167 Å². The van der Waals surface area contributed by atoms with Gasteiger partial charge in [-0.3, -0.25) is 14.4 Å². The molecule has 3 nitrogen and oxygen atoms in total. The lowest BCUT2D eigenvalue weighted by atomic mass is 9.76. The SMILES string of the molecule is CCC(=O)C1CCC(c2ccc(-c3ccc(CCCCCCC(=O)CCCCCCc4ccc(-c5ccc(C6CCC(C(=O)CC)CC6)cc5)cc4)cc3)cc2)CC1. The Bertz CT molecular complexity index is 1700. The molecule has 4 aromatic carbocycles. The van der Waals surface area contributed by atoms with Gasteiger partial charge in [-0.2, -0.15) is 0 Å². The lowest BCUT2D eigenvalue weighted by Gasteiger charge is -2.28. The Labute approximate surface area is 350 Å². The second-order valence-electron chi connectivity index (χ2n) is 17.7. The third-order valence-corrected chi connectivity index (χ3v) is 13.7. The minimum Gasteiger partial charge on any atom is -0.300 e. The van der Waals surface area contributed by atoms with Gasteiger partial charge in [0.2, 0.25) is 0 Å². The standard InChI is InChI=1S/C55H70O3/c1-3-54(57)51-37-33-49(34-38-51)47-29-25-45(26-30-47)43-21-17-41(18-22-43)13-9-5-7-11-15-53(56)16-12-8-6-10-14-42-19-23-44(24-20-42)46-27-31-48(32-28-46)50-35-39-52(40-36-50)55(58)4-2/h17-32,49-52H,3-16,33-40H2,1-2H3. The predicted molar refractivity (Wildman–Crippen MR) is 242 cm³/mol. The third-order valence-electron chi connectivity index (χ3n) is 13.7. The van der Waals surface area contributed by atoms with Gasteiger partial charge >= 0.3 is 0 Å². The van der Waals surface area contributed by atoms with Crippen LogP contribution in [0.3, 0.4) is 0 Å². The Balaban J connectivity index is 0.774. The largest absolute Gasteiger partial charge is 0.300 e. The molecule has 0 bridgehead atoms.